The van der Waals surface area contributed by atoms with E-state index < -0.39 is 10.0 Å². The molecule has 2 heterocycles. The average Bonchev–Trinajstić information content (AvgIpc) is 3.42. The maximum absolute atomic E-state index is 13.0. The number of carbonyl (C=O) groups is 1. The van der Waals surface area contributed by atoms with Crippen molar-refractivity contribution in [2.24, 2.45) is 5.92 Å². The van der Waals surface area contributed by atoms with E-state index in [0.717, 1.165) is 31.5 Å². The summed E-state index contributed by atoms with van der Waals surface area (Å²) in [6.07, 6.45) is 4.56. The lowest BCUT2D eigenvalue weighted by Crippen LogP contribution is -2.40. The van der Waals surface area contributed by atoms with Crippen LogP contribution in [0.5, 0.6) is 0 Å². The molecule has 144 valence electrons. The number of hydrogen-bond acceptors (Lipinski definition) is 6. The van der Waals surface area contributed by atoms with Crippen LogP contribution in [0.25, 0.3) is 0 Å². The standard InChI is InChI=1S/C19H23N3O4S/c1-13(23)16-5-2-6-17(11-16)27(24,25)22-9-3-4-14(12-22)10-18-20-19(21-26-18)15-7-8-15/h2,5-6,11,14-15H,3-4,7-10,12H2,1H3/t14-/m1/s1. The topological polar surface area (TPSA) is 93.4 Å². The van der Waals surface area contributed by atoms with Gasteiger partial charge in [-0.25, -0.2) is 8.42 Å². The van der Waals surface area contributed by atoms with Crippen molar-refractivity contribution in [3.8, 4) is 0 Å². The zero-order chi connectivity index (χ0) is 19.0. The summed E-state index contributed by atoms with van der Waals surface area (Å²) in [6, 6.07) is 6.25. The lowest BCUT2D eigenvalue weighted by atomic mass is 9.96. The predicted molar refractivity (Wildman–Crippen MR) is 97.9 cm³/mol. The van der Waals surface area contributed by atoms with Gasteiger partial charge in [-0.15, -0.1) is 0 Å². The third kappa shape index (κ3) is 3.96. The highest BCUT2D eigenvalue weighted by atomic mass is 32.2. The highest BCUT2D eigenvalue weighted by Crippen LogP contribution is 2.38. The van der Waals surface area contributed by atoms with Gasteiger partial charge in [-0.3, -0.25) is 4.79 Å². The summed E-state index contributed by atoms with van der Waals surface area (Å²) in [5.41, 5.74) is 0.406. The third-order valence-corrected chi connectivity index (χ3v) is 7.11. The summed E-state index contributed by atoms with van der Waals surface area (Å²) in [6.45, 7) is 2.34. The number of nitrogens with zero attached hydrogens (tertiary/aromatic N) is 3. The van der Waals surface area contributed by atoms with Crippen LogP contribution in [0.2, 0.25) is 0 Å². The zero-order valence-corrected chi connectivity index (χ0v) is 16.1. The van der Waals surface area contributed by atoms with Gasteiger partial charge in [0.2, 0.25) is 15.9 Å². The highest BCUT2D eigenvalue weighted by Gasteiger charge is 2.33. The fraction of sp³-hybridized carbons (Fsp3) is 0.526. The highest BCUT2D eigenvalue weighted by molar-refractivity contribution is 7.89. The molecule has 1 saturated heterocycles. The Hall–Kier alpha value is -2.06. The van der Waals surface area contributed by atoms with Gasteiger partial charge in [0, 0.05) is 31.0 Å². The quantitative estimate of drug-likeness (QED) is 0.705. The summed E-state index contributed by atoms with van der Waals surface area (Å²) in [5, 5.41) is 4.04. The van der Waals surface area contributed by atoms with E-state index in [4.69, 9.17) is 4.52 Å². The number of piperidine rings is 1. The molecule has 0 unspecified atom stereocenters. The number of hydrogen-bond donors (Lipinski definition) is 0. The SMILES string of the molecule is CC(=O)c1cccc(S(=O)(=O)N2CCC[C@H](Cc3nc(C4CC4)no3)C2)c1. The summed E-state index contributed by atoms with van der Waals surface area (Å²) in [5.74, 6) is 1.83. The monoisotopic (exact) mass is 389 g/mol. The lowest BCUT2D eigenvalue weighted by Gasteiger charge is -2.31. The number of ketones is 1. The van der Waals surface area contributed by atoms with Gasteiger partial charge in [0.15, 0.2) is 11.6 Å². The Morgan fingerprint density at radius 2 is 2.11 bits per heavy atom. The fourth-order valence-corrected chi connectivity index (χ4v) is 5.14. The van der Waals surface area contributed by atoms with Crippen LogP contribution in [0.1, 0.15) is 60.6 Å². The van der Waals surface area contributed by atoms with Crippen LogP contribution in [0.15, 0.2) is 33.7 Å². The van der Waals surface area contributed by atoms with E-state index in [2.05, 4.69) is 10.1 Å². The molecule has 0 bridgehead atoms. The van der Waals surface area contributed by atoms with Gasteiger partial charge in [0.25, 0.3) is 0 Å². The molecule has 1 aromatic carbocycles. The molecule has 2 aliphatic rings. The van der Waals surface area contributed by atoms with Gasteiger partial charge in [-0.05, 0) is 50.7 Å². The second kappa shape index (κ2) is 7.16. The Balaban J connectivity index is 1.47. The maximum Gasteiger partial charge on any atom is 0.243 e. The average molecular weight is 389 g/mol. The molecule has 2 fully saturated rings. The summed E-state index contributed by atoms with van der Waals surface area (Å²) in [7, 11) is -3.63. The number of Topliss-reactive ketones (excluding diaryl/α,β-unsaturated/α-hetero) is 1. The molecule has 1 atom stereocenters. The number of benzene rings is 1. The van der Waals surface area contributed by atoms with E-state index in [1.807, 2.05) is 0 Å². The van der Waals surface area contributed by atoms with Crippen LogP contribution in [0.4, 0.5) is 0 Å². The largest absolute Gasteiger partial charge is 0.339 e. The molecule has 0 amide bonds. The normalized spacial score (nSPS) is 21.3. The van der Waals surface area contributed by atoms with Crippen molar-refractivity contribution >= 4 is 15.8 Å². The molecular weight excluding hydrogens is 366 g/mol. The van der Waals surface area contributed by atoms with Crippen molar-refractivity contribution in [3.05, 3.63) is 41.5 Å². The Labute approximate surface area is 158 Å². The fourth-order valence-electron chi connectivity index (χ4n) is 3.54. The minimum absolute atomic E-state index is 0.147. The number of rotatable bonds is 6. The molecule has 4 rings (SSSR count). The molecule has 7 nitrogen and oxygen atoms in total. The Bertz CT molecular complexity index is 949. The molecule has 8 heteroatoms. The van der Waals surface area contributed by atoms with Gasteiger partial charge in [0.1, 0.15) is 0 Å². The molecule has 0 N–H and O–H groups in total. The summed E-state index contributed by atoms with van der Waals surface area (Å²) >= 11 is 0. The number of aromatic nitrogens is 2. The van der Waals surface area contributed by atoms with E-state index >= 15 is 0 Å². The molecule has 1 saturated carbocycles. The van der Waals surface area contributed by atoms with Crippen LogP contribution < -0.4 is 0 Å². The smallest absolute Gasteiger partial charge is 0.243 e. The number of sulfonamides is 1. The Morgan fingerprint density at radius 3 is 2.85 bits per heavy atom. The van der Waals surface area contributed by atoms with E-state index in [1.54, 1.807) is 18.2 Å². The van der Waals surface area contributed by atoms with Gasteiger partial charge in [-0.2, -0.15) is 9.29 Å². The van der Waals surface area contributed by atoms with Crippen molar-refractivity contribution in [1.29, 1.82) is 0 Å². The zero-order valence-electron chi connectivity index (χ0n) is 15.3. The van der Waals surface area contributed by atoms with Crippen LogP contribution >= 0.6 is 0 Å². The van der Waals surface area contributed by atoms with Gasteiger partial charge in [0.05, 0.1) is 4.90 Å². The second-order valence-corrected chi connectivity index (χ2v) is 9.42. The van der Waals surface area contributed by atoms with E-state index in [9.17, 15) is 13.2 Å². The van der Waals surface area contributed by atoms with E-state index in [0.29, 0.717) is 36.9 Å². The van der Waals surface area contributed by atoms with Crippen molar-refractivity contribution < 1.29 is 17.7 Å². The molecule has 0 spiro atoms. The van der Waals surface area contributed by atoms with Gasteiger partial charge >= 0.3 is 0 Å². The molecule has 27 heavy (non-hydrogen) atoms. The van der Waals surface area contributed by atoms with Crippen molar-refractivity contribution in [1.82, 2.24) is 14.4 Å². The lowest BCUT2D eigenvalue weighted by molar-refractivity contribution is 0.101. The minimum Gasteiger partial charge on any atom is -0.339 e. The van der Waals surface area contributed by atoms with E-state index in [-0.39, 0.29) is 16.6 Å². The van der Waals surface area contributed by atoms with Crippen LogP contribution in [-0.4, -0.2) is 41.7 Å². The first kappa shape index (κ1) is 18.3. The molecule has 1 aliphatic carbocycles. The minimum atomic E-state index is -3.63. The molecule has 2 aromatic rings. The van der Waals surface area contributed by atoms with Gasteiger partial charge < -0.3 is 4.52 Å². The molecular formula is C19H23N3O4S. The maximum atomic E-state index is 13.0. The van der Waals surface area contributed by atoms with Crippen LogP contribution in [0.3, 0.4) is 0 Å². The first-order chi connectivity index (χ1) is 12.9. The Morgan fingerprint density at radius 1 is 1.30 bits per heavy atom. The Kier molecular flexibility index (Phi) is 4.86. The predicted octanol–water partition coefficient (Wildman–Crippen LogP) is 2.79. The summed E-state index contributed by atoms with van der Waals surface area (Å²) < 4.78 is 32.9. The van der Waals surface area contributed by atoms with Crippen molar-refractivity contribution in [2.75, 3.05) is 13.1 Å². The third-order valence-electron chi connectivity index (χ3n) is 5.25. The van der Waals surface area contributed by atoms with Gasteiger partial charge in [-0.1, -0.05) is 17.3 Å². The summed E-state index contributed by atoms with van der Waals surface area (Å²) in [4.78, 5) is 16.2. The molecule has 1 aromatic heterocycles. The second-order valence-electron chi connectivity index (χ2n) is 7.48. The van der Waals surface area contributed by atoms with Crippen molar-refractivity contribution in [2.45, 2.75) is 49.8 Å². The van der Waals surface area contributed by atoms with E-state index in [1.165, 1.54) is 17.3 Å². The molecule has 0 radical (unpaired) electrons. The first-order valence-electron chi connectivity index (χ1n) is 9.37. The molecule has 1 aliphatic heterocycles. The number of carbonyl (C=O) groups excluding carboxylic acids is 1. The first-order valence-corrected chi connectivity index (χ1v) is 10.8. The van der Waals surface area contributed by atoms with Crippen LogP contribution in [-0.2, 0) is 16.4 Å². The van der Waals surface area contributed by atoms with Crippen molar-refractivity contribution in [3.63, 3.8) is 0 Å². The van der Waals surface area contributed by atoms with Crippen LogP contribution in [0, 0.1) is 5.92 Å².